The molecule has 31 heavy (non-hydrogen) atoms. The molecule has 0 unspecified atom stereocenters. The van der Waals surface area contributed by atoms with Crippen molar-refractivity contribution >= 4 is 28.4 Å². The predicted molar refractivity (Wildman–Crippen MR) is 134 cm³/mol. The van der Waals surface area contributed by atoms with Crippen LogP contribution in [-0.4, -0.2) is 14.1 Å². The molecule has 1 N–H and O–H groups in total. The van der Waals surface area contributed by atoms with Crippen molar-refractivity contribution in [1.82, 2.24) is 0 Å². The van der Waals surface area contributed by atoms with Gasteiger partial charge in [0.2, 0.25) is 0 Å². The Morgan fingerprint density at radius 1 is 0.548 bits per heavy atom. The molecule has 0 saturated heterocycles. The van der Waals surface area contributed by atoms with Crippen LogP contribution in [0.5, 0.6) is 0 Å². The molecular weight excluding hydrogens is 378 g/mol. The number of anilines is 5. The van der Waals surface area contributed by atoms with E-state index in [2.05, 4.69) is 133 Å². The number of nitrogens with one attached hydrogen (secondary N) is 1. The smallest absolute Gasteiger partial charge is 0.0649 e. The molecule has 0 aromatic heterocycles. The van der Waals surface area contributed by atoms with Gasteiger partial charge in [0.25, 0.3) is 0 Å². The summed E-state index contributed by atoms with van der Waals surface area (Å²) < 4.78 is 0. The largest absolute Gasteiger partial charge is 0.379 e. The number of nitrogens with zero attached hydrogens (tertiary/aromatic N) is 2. The van der Waals surface area contributed by atoms with Crippen LogP contribution in [0.15, 0.2) is 103 Å². The fourth-order valence-electron chi connectivity index (χ4n) is 3.94. The lowest BCUT2D eigenvalue weighted by atomic mass is 10.1. The van der Waals surface area contributed by atoms with Crippen molar-refractivity contribution in [3.8, 4) is 0 Å². The van der Waals surface area contributed by atoms with E-state index >= 15 is 0 Å². The third kappa shape index (κ3) is 4.56. The Morgan fingerprint density at radius 3 is 1.68 bits per heavy atom. The molecule has 0 fully saturated rings. The third-order valence-electron chi connectivity index (χ3n) is 5.67. The number of para-hydroxylation sites is 5. The summed E-state index contributed by atoms with van der Waals surface area (Å²) in [5.41, 5.74) is 8.30. The molecule has 4 rings (SSSR count). The number of rotatable bonds is 7. The highest BCUT2D eigenvalue weighted by Gasteiger charge is 2.16. The van der Waals surface area contributed by atoms with Gasteiger partial charge >= 0.3 is 0 Å². The van der Waals surface area contributed by atoms with Crippen molar-refractivity contribution in [3.05, 3.63) is 114 Å². The van der Waals surface area contributed by atoms with E-state index in [4.69, 9.17) is 0 Å². The number of hydrogen-bond donors (Lipinski definition) is 1. The van der Waals surface area contributed by atoms with Crippen LogP contribution in [0.3, 0.4) is 0 Å². The lowest BCUT2D eigenvalue weighted by Crippen LogP contribution is -2.18. The Morgan fingerprint density at radius 2 is 1.03 bits per heavy atom. The average molecular weight is 408 g/mol. The van der Waals surface area contributed by atoms with E-state index in [1.165, 1.54) is 16.8 Å². The molecule has 3 nitrogen and oxygen atoms in total. The standard InChI is InChI=1S/C28H29N3/c1-22-13-7-9-17-25(22)30(2)27-19-11-12-20-28(27)31(3)26-18-10-8-16-24(26)29-21-23-14-5-4-6-15-23/h4-20,29H,21H2,1-3H3. The van der Waals surface area contributed by atoms with E-state index in [0.717, 1.165) is 29.3 Å². The monoisotopic (exact) mass is 407 g/mol. The second kappa shape index (κ2) is 9.40. The molecule has 156 valence electrons. The molecule has 0 spiro atoms. The molecule has 0 aliphatic rings. The maximum atomic E-state index is 3.61. The number of aryl methyl sites for hydroxylation is 1. The van der Waals surface area contributed by atoms with Crippen LogP contribution in [0.25, 0.3) is 0 Å². The molecule has 0 atom stereocenters. The van der Waals surface area contributed by atoms with Crippen LogP contribution in [0.2, 0.25) is 0 Å². The summed E-state index contributed by atoms with van der Waals surface area (Å²) >= 11 is 0. The highest BCUT2D eigenvalue weighted by Crippen LogP contribution is 2.39. The van der Waals surface area contributed by atoms with Crippen LogP contribution in [0, 0.1) is 6.92 Å². The van der Waals surface area contributed by atoms with Crippen LogP contribution in [-0.2, 0) is 6.54 Å². The third-order valence-corrected chi connectivity index (χ3v) is 5.67. The van der Waals surface area contributed by atoms with Crippen LogP contribution in [0.4, 0.5) is 28.4 Å². The minimum absolute atomic E-state index is 0.788. The van der Waals surface area contributed by atoms with E-state index in [0.29, 0.717) is 0 Å². The molecule has 0 radical (unpaired) electrons. The molecule has 0 heterocycles. The van der Waals surface area contributed by atoms with Gasteiger partial charge in [-0.3, -0.25) is 0 Å². The molecule has 0 amide bonds. The minimum Gasteiger partial charge on any atom is -0.379 e. The molecule has 0 aliphatic heterocycles. The summed E-state index contributed by atoms with van der Waals surface area (Å²) in [4.78, 5) is 4.53. The minimum atomic E-state index is 0.788. The molecule has 4 aromatic carbocycles. The maximum Gasteiger partial charge on any atom is 0.0649 e. The van der Waals surface area contributed by atoms with Crippen molar-refractivity contribution in [1.29, 1.82) is 0 Å². The first kappa shape index (κ1) is 20.5. The zero-order valence-electron chi connectivity index (χ0n) is 18.4. The average Bonchev–Trinajstić information content (AvgIpc) is 2.83. The number of hydrogen-bond acceptors (Lipinski definition) is 3. The van der Waals surface area contributed by atoms with Gasteiger partial charge in [-0.2, -0.15) is 0 Å². The van der Waals surface area contributed by atoms with Gasteiger partial charge in [0.05, 0.1) is 22.7 Å². The maximum absolute atomic E-state index is 3.61. The lowest BCUT2D eigenvalue weighted by Gasteiger charge is -2.30. The normalized spacial score (nSPS) is 10.5. The van der Waals surface area contributed by atoms with Gasteiger partial charge in [-0.25, -0.2) is 0 Å². The number of benzene rings is 4. The van der Waals surface area contributed by atoms with Gasteiger partial charge in [0.15, 0.2) is 0 Å². The SMILES string of the molecule is Cc1ccccc1N(C)c1ccccc1N(C)c1ccccc1NCc1ccccc1. The fraction of sp³-hybridized carbons (Fsp3) is 0.143. The van der Waals surface area contributed by atoms with Crippen LogP contribution < -0.4 is 15.1 Å². The van der Waals surface area contributed by atoms with E-state index in [9.17, 15) is 0 Å². The summed E-state index contributed by atoms with van der Waals surface area (Å²) in [6, 6.07) is 36.0. The first-order valence-corrected chi connectivity index (χ1v) is 10.6. The van der Waals surface area contributed by atoms with Crippen molar-refractivity contribution < 1.29 is 0 Å². The first-order chi connectivity index (χ1) is 15.1. The van der Waals surface area contributed by atoms with E-state index in [1.807, 2.05) is 6.07 Å². The topological polar surface area (TPSA) is 18.5 Å². The summed E-state index contributed by atoms with van der Waals surface area (Å²) in [6.45, 7) is 2.94. The summed E-state index contributed by atoms with van der Waals surface area (Å²) in [5, 5.41) is 3.61. The second-order valence-corrected chi connectivity index (χ2v) is 7.75. The van der Waals surface area contributed by atoms with E-state index < -0.39 is 0 Å². The summed E-state index contributed by atoms with van der Waals surface area (Å²) in [7, 11) is 4.27. The zero-order chi connectivity index (χ0) is 21.6. The van der Waals surface area contributed by atoms with Gasteiger partial charge in [0.1, 0.15) is 0 Å². The summed E-state index contributed by atoms with van der Waals surface area (Å²) in [5.74, 6) is 0. The molecular formula is C28H29N3. The van der Waals surface area contributed by atoms with E-state index in [-0.39, 0.29) is 0 Å². The highest BCUT2D eigenvalue weighted by molar-refractivity contribution is 5.85. The Balaban J connectivity index is 1.65. The molecule has 0 bridgehead atoms. The molecule has 0 aliphatic carbocycles. The van der Waals surface area contributed by atoms with Gasteiger partial charge in [-0.05, 0) is 48.4 Å². The molecule has 4 aromatic rings. The van der Waals surface area contributed by atoms with Crippen molar-refractivity contribution in [2.24, 2.45) is 0 Å². The van der Waals surface area contributed by atoms with Crippen molar-refractivity contribution in [2.45, 2.75) is 13.5 Å². The van der Waals surface area contributed by atoms with Crippen LogP contribution in [0.1, 0.15) is 11.1 Å². The quantitative estimate of drug-likeness (QED) is 0.351. The second-order valence-electron chi connectivity index (χ2n) is 7.75. The van der Waals surface area contributed by atoms with Gasteiger partial charge in [0, 0.05) is 26.3 Å². The van der Waals surface area contributed by atoms with Gasteiger partial charge < -0.3 is 15.1 Å². The van der Waals surface area contributed by atoms with Crippen molar-refractivity contribution in [2.75, 3.05) is 29.2 Å². The fourth-order valence-corrected chi connectivity index (χ4v) is 3.94. The van der Waals surface area contributed by atoms with Crippen LogP contribution >= 0.6 is 0 Å². The predicted octanol–water partition coefficient (Wildman–Crippen LogP) is 7.14. The van der Waals surface area contributed by atoms with Gasteiger partial charge in [-0.1, -0.05) is 72.8 Å². The van der Waals surface area contributed by atoms with E-state index in [1.54, 1.807) is 0 Å². The summed E-state index contributed by atoms with van der Waals surface area (Å²) in [6.07, 6.45) is 0. The first-order valence-electron chi connectivity index (χ1n) is 10.6. The lowest BCUT2D eigenvalue weighted by molar-refractivity contribution is 1.12. The Bertz CT molecular complexity index is 1140. The van der Waals surface area contributed by atoms with Gasteiger partial charge in [-0.15, -0.1) is 0 Å². The highest BCUT2D eigenvalue weighted by atomic mass is 15.2. The zero-order valence-corrected chi connectivity index (χ0v) is 18.4. The molecule has 3 heteroatoms. The molecule has 0 saturated carbocycles. The Hall–Kier alpha value is -3.72. The van der Waals surface area contributed by atoms with Crippen molar-refractivity contribution in [3.63, 3.8) is 0 Å². The Labute approximate surface area is 185 Å². The Kier molecular flexibility index (Phi) is 6.23.